The smallest absolute Gasteiger partial charge is 0.222 e. The molecule has 0 radical (unpaired) electrons. The fourth-order valence-corrected chi connectivity index (χ4v) is 1.81. The number of carbonyl (C=O) groups excluding carboxylic acids is 1. The van der Waals surface area contributed by atoms with E-state index in [2.05, 4.69) is 11.9 Å². The Morgan fingerprint density at radius 2 is 2.41 bits per heavy atom. The zero-order valence-corrected chi connectivity index (χ0v) is 10.1. The lowest BCUT2D eigenvalue weighted by Crippen LogP contribution is -2.56. The zero-order valence-electron chi connectivity index (χ0n) is 10.1. The van der Waals surface area contributed by atoms with Crippen molar-refractivity contribution in [3.8, 4) is 5.75 Å². The summed E-state index contributed by atoms with van der Waals surface area (Å²) in [7, 11) is 0. The SMILES string of the molecule is CCCCC(=O)N1CC(Oc2cccnc2)C1. The van der Waals surface area contributed by atoms with Gasteiger partial charge in [-0.25, -0.2) is 0 Å². The van der Waals surface area contributed by atoms with E-state index in [0.717, 1.165) is 18.6 Å². The first-order chi connectivity index (χ1) is 8.29. The Morgan fingerprint density at radius 1 is 1.59 bits per heavy atom. The Kier molecular flexibility index (Phi) is 3.96. The number of rotatable bonds is 5. The molecule has 0 N–H and O–H groups in total. The van der Waals surface area contributed by atoms with E-state index in [1.807, 2.05) is 17.0 Å². The van der Waals surface area contributed by atoms with Gasteiger partial charge in [-0.3, -0.25) is 9.78 Å². The Morgan fingerprint density at radius 3 is 3.06 bits per heavy atom. The van der Waals surface area contributed by atoms with Gasteiger partial charge in [0, 0.05) is 12.6 Å². The standard InChI is InChI=1S/C13H18N2O2/c1-2-3-6-13(16)15-9-12(10-15)17-11-5-4-7-14-8-11/h4-5,7-8,12H,2-3,6,9-10H2,1H3. The van der Waals surface area contributed by atoms with Crippen molar-refractivity contribution in [1.29, 1.82) is 0 Å². The maximum Gasteiger partial charge on any atom is 0.222 e. The summed E-state index contributed by atoms with van der Waals surface area (Å²) >= 11 is 0. The molecular weight excluding hydrogens is 216 g/mol. The summed E-state index contributed by atoms with van der Waals surface area (Å²) in [4.78, 5) is 17.5. The summed E-state index contributed by atoms with van der Waals surface area (Å²) in [6.45, 7) is 3.51. The molecule has 1 aliphatic heterocycles. The van der Waals surface area contributed by atoms with Gasteiger partial charge in [0.2, 0.25) is 5.91 Å². The molecule has 4 nitrogen and oxygen atoms in total. The van der Waals surface area contributed by atoms with Crippen molar-refractivity contribution < 1.29 is 9.53 Å². The number of pyridine rings is 1. The highest BCUT2D eigenvalue weighted by atomic mass is 16.5. The minimum Gasteiger partial charge on any atom is -0.485 e. The monoisotopic (exact) mass is 234 g/mol. The van der Waals surface area contributed by atoms with Crippen LogP contribution in [0.5, 0.6) is 5.75 Å². The third kappa shape index (κ3) is 3.19. The number of carbonyl (C=O) groups is 1. The van der Waals surface area contributed by atoms with Crippen LogP contribution in [0, 0.1) is 0 Å². The van der Waals surface area contributed by atoms with Crippen LogP contribution in [0.4, 0.5) is 0 Å². The van der Waals surface area contributed by atoms with Gasteiger partial charge in [-0.15, -0.1) is 0 Å². The van der Waals surface area contributed by atoms with Crippen molar-refractivity contribution in [2.45, 2.75) is 32.3 Å². The Balaban J connectivity index is 1.70. The first-order valence-corrected chi connectivity index (χ1v) is 6.14. The highest BCUT2D eigenvalue weighted by molar-refractivity contribution is 5.77. The lowest BCUT2D eigenvalue weighted by molar-refractivity contribution is -0.140. The van der Waals surface area contributed by atoms with Crippen LogP contribution in [0.15, 0.2) is 24.5 Å². The van der Waals surface area contributed by atoms with Gasteiger partial charge in [-0.05, 0) is 18.6 Å². The van der Waals surface area contributed by atoms with Gasteiger partial charge in [-0.1, -0.05) is 13.3 Å². The highest BCUT2D eigenvalue weighted by Gasteiger charge is 2.31. The van der Waals surface area contributed by atoms with Crippen molar-refractivity contribution in [2.24, 2.45) is 0 Å². The van der Waals surface area contributed by atoms with Crippen molar-refractivity contribution in [1.82, 2.24) is 9.88 Å². The molecular formula is C13H18N2O2. The van der Waals surface area contributed by atoms with E-state index < -0.39 is 0 Å². The van der Waals surface area contributed by atoms with Gasteiger partial charge in [0.25, 0.3) is 0 Å². The molecule has 17 heavy (non-hydrogen) atoms. The Labute approximate surface area is 102 Å². The van der Waals surface area contributed by atoms with Crippen LogP contribution in [-0.4, -0.2) is 35.0 Å². The molecule has 0 aliphatic carbocycles. The summed E-state index contributed by atoms with van der Waals surface area (Å²) in [6.07, 6.45) is 6.25. The highest BCUT2D eigenvalue weighted by Crippen LogP contribution is 2.17. The number of hydrogen-bond donors (Lipinski definition) is 0. The summed E-state index contributed by atoms with van der Waals surface area (Å²) in [5.41, 5.74) is 0. The first-order valence-electron chi connectivity index (χ1n) is 6.14. The molecule has 0 bridgehead atoms. The van der Waals surface area contributed by atoms with E-state index in [1.165, 1.54) is 0 Å². The predicted octanol–water partition coefficient (Wildman–Crippen LogP) is 1.86. The van der Waals surface area contributed by atoms with Crippen LogP contribution in [0.25, 0.3) is 0 Å². The molecule has 2 rings (SSSR count). The van der Waals surface area contributed by atoms with Gasteiger partial charge >= 0.3 is 0 Å². The second-order valence-electron chi connectivity index (χ2n) is 4.33. The van der Waals surface area contributed by atoms with Gasteiger partial charge in [0.15, 0.2) is 0 Å². The first kappa shape index (κ1) is 11.9. The van der Waals surface area contributed by atoms with Crippen molar-refractivity contribution in [3.63, 3.8) is 0 Å². The molecule has 1 saturated heterocycles. The number of likely N-dealkylation sites (tertiary alicyclic amines) is 1. The van der Waals surface area contributed by atoms with Crippen LogP contribution in [-0.2, 0) is 4.79 Å². The summed E-state index contributed by atoms with van der Waals surface area (Å²) < 4.78 is 5.68. The molecule has 0 atom stereocenters. The second-order valence-corrected chi connectivity index (χ2v) is 4.33. The lowest BCUT2D eigenvalue weighted by Gasteiger charge is -2.39. The molecule has 1 aromatic heterocycles. The second kappa shape index (κ2) is 5.66. The van der Waals surface area contributed by atoms with Crippen LogP contribution in [0.2, 0.25) is 0 Å². The number of unbranched alkanes of at least 4 members (excludes halogenated alkanes) is 1. The molecule has 1 aliphatic rings. The molecule has 1 amide bonds. The average molecular weight is 234 g/mol. The Bertz CT molecular complexity index is 361. The fourth-order valence-electron chi connectivity index (χ4n) is 1.81. The molecule has 92 valence electrons. The fraction of sp³-hybridized carbons (Fsp3) is 0.538. The summed E-state index contributed by atoms with van der Waals surface area (Å²) in [5, 5.41) is 0. The van der Waals surface area contributed by atoms with Crippen molar-refractivity contribution in [2.75, 3.05) is 13.1 Å². The van der Waals surface area contributed by atoms with Crippen LogP contribution in [0.3, 0.4) is 0 Å². The van der Waals surface area contributed by atoms with E-state index in [1.54, 1.807) is 12.4 Å². The largest absolute Gasteiger partial charge is 0.485 e. The number of amides is 1. The number of ether oxygens (including phenoxy) is 1. The van der Waals surface area contributed by atoms with E-state index in [9.17, 15) is 4.79 Å². The van der Waals surface area contributed by atoms with E-state index in [0.29, 0.717) is 19.5 Å². The minimum absolute atomic E-state index is 0.129. The quantitative estimate of drug-likeness (QED) is 0.781. The number of nitrogens with zero attached hydrogens (tertiary/aromatic N) is 2. The van der Waals surface area contributed by atoms with Gasteiger partial charge in [-0.2, -0.15) is 0 Å². The third-order valence-electron chi connectivity index (χ3n) is 2.88. The van der Waals surface area contributed by atoms with E-state index in [4.69, 9.17) is 4.74 Å². The van der Waals surface area contributed by atoms with E-state index >= 15 is 0 Å². The average Bonchev–Trinajstić information content (AvgIpc) is 2.31. The van der Waals surface area contributed by atoms with Crippen LogP contribution < -0.4 is 4.74 Å². The lowest BCUT2D eigenvalue weighted by atomic mass is 10.1. The zero-order chi connectivity index (χ0) is 12.1. The van der Waals surface area contributed by atoms with Crippen LogP contribution in [0.1, 0.15) is 26.2 Å². The molecule has 0 saturated carbocycles. The number of hydrogen-bond acceptors (Lipinski definition) is 3. The summed E-state index contributed by atoms with van der Waals surface area (Å²) in [6, 6.07) is 3.73. The number of aromatic nitrogens is 1. The van der Waals surface area contributed by atoms with Gasteiger partial charge < -0.3 is 9.64 Å². The molecule has 1 fully saturated rings. The molecule has 0 unspecified atom stereocenters. The van der Waals surface area contributed by atoms with Gasteiger partial charge in [0.05, 0.1) is 19.3 Å². The van der Waals surface area contributed by atoms with Crippen molar-refractivity contribution >= 4 is 5.91 Å². The van der Waals surface area contributed by atoms with Crippen molar-refractivity contribution in [3.05, 3.63) is 24.5 Å². The molecule has 0 spiro atoms. The van der Waals surface area contributed by atoms with Gasteiger partial charge in [0.1, 0.15) is 11.9 Å². The summed E-state index contributed by atoms with van der Waals surface area (Å²) in [5.74, 6) is 1.02. The van der Waals surface area contributed by atoms with Crippen LogP contribution >= 0.6 is 0 Å². The maximum atomic E-state index is 11.6. The topological polar surface area (TPSA) is 42.4 Å². The Hall–Kier alpha value is -1.58. The molecule has 1 aromatic rings. The van der Waals surface area contributed by atoms with E-state index in [-0.39, 0.29) is 12.0 Å². The molecule has 0 aromatic carbocycles. The maximum absolute atomic E-state index is 11.6. The molecule has 2 heterocycles. The minimum atomic E-state index is 0.129. The third-order valence-corrected chi connectivity index (χ3v) is 2.88. The predicted molar refractivity (Wildman–Crippen MR) is 64.8 cm³/mol. The normalized spacial score (nSPS) is 15.5. The molecule has 4 heteroatoms.